The molecule has 0 aromatic heterocycles. The Hall–Kier alpha value is -2.44. The molecule has 19 heavy (non-hydrogen) atoms. The first-order chi connectivity index (χ1) is 8.88. The van der Waals surface area contributed by atoms with Gasteiger partial charge in [0.1, 0.15) is 0 Å². The number of carboxylic acids is 1. The Bertz CT molecular complexity index is 569. The van der Waals surface area contributed by atoms with E-state index in [0.717, 1.165) is 0 Å². The van der Waals surface area contributed by atoms with Crippen LogP contribution in [0.15, 0.2) is 18.2 Å². The molecule has 0 aliphatic carbocycles. The maximum Gasteiger partial charge on any atom is 0.308 e. The number of aryl methyl sites for hydroxylation is 1. The van der Waals surface area contributed by atoms with Gasteiger partial charge in [-0.05, 0) is 18.6 Å². The Labute approximate surface area is 108 Å². The topological polar surface area (TPSA) is 101 Å². The normalized spacial score (nSPS) is 18.7. The Morgan fingerprint density at radius 2 is 2.16 bits per heavy atom. The molecular weight excluding hydrogens is 252 g/mol. The van der Waals surface area contributed by atoms with Crippen molar-refractivity contribution in [1.82, 2.24) is 0 Å². The summed E-state index contributed by atoms with van der Waals surface area (Å²) in [5.74, 6) is -2.11. The average Bonchev–Trinajstić information content (AvgIpc) is 2.70. The molecular formula is C12H12N2O5. The number of aliphatic carboxylic acids is 1. The summed E-state index contributed by atoms with van der Waals surface area (Å²) in [4.78, 5) is 34.2. The van der Waals surface area contributed by atoms with Crippen LogP contribution in [0.3, 0.4) is 0 Å². The SMILES string of the molecule is Cc1cc(N2CC(C(=O)O)CC2=O)cc([N+](=O)[O-])c1. The third kappa shape index (κ3) is 2.54. The van der Waals surface area contributed by atoms with Gasteiger partial charge in [0, 0.05) is 25.1 Å². The average molecular weight is 264 g/mol. The monoisotopic (exact) mass is 264 g/mol. The van der Waals surface area contributed by atoms with Gasteiger partial charge in [0.2, 0.25) is 5.91 Å². The molecule has 1 aliphatic heterocycles. The molecule has 1 aliphatic rings. The lowest BCUT2D eigenvalue weighted by Gasteiger charge is -2.16. The van der Waals surface area contributed by atoms with Gasteiger partial charge < -0.3 is 10.0 Å². The van der Waals surface area contributed by atoms with E-state index in [1.807, 2.05) is 0 Å². The third-order valence-electron chi connectivity index (χ3n) is 3.04. The summed E-state index contributed by atoms with van der Waals surface area (Å²) in [6.45, 7) is 1.74. The number of carbonyl (C=O) groups excluding carboxylic acids is 1. The van der Waals surface area contributed by atoms with E-state index in [-0.39, 0.29) is 24.6 Å². The number of carbonyl (C=O) groups is 2. The molecule has 1 aromatic carbocycles. The lowest BCUT2D eigenvalue weighted by Crippen LogP contribution is -2.25. The lowest BCUT2D eigenvalue weighted by molar-refractivity contribution is -0.384. The molecule has 1 atom stereocenters. The standard InChI is InChI=1S/C12H12N2O5/c1-7-2-9(5-10(3-7)14(18)19)13-6-8(12(16)17)4-11(13)15/h2-3,5,8H,4,6H2,1H3,(H,16,17). The van der Waals surface area contributed by atoms with Gasteiger partial charge in [-0.25, -0.2) is 0 Å². The highest BCUT2D eigenvalue weighted by Crippen LogP contribution is 2.29. The summed E-state index contributed by atoms with van der Waals surface area (Å²) in [5.41, 5.74) is 0.915. The summed E-state index contributed by atoms with van der Waals surface area (Å²) < 4.78 is 0. The number of nitro benzene ring substituents is 1. The van der Waals surface area contributed by atoms with Crippen molar-refractivity contribution in [2.24, 2.45) is 5.92 Å². The van der Waals surface area contributed by atoms with Crippen molar-refractivity contribution >= 4 is 23.3 Å². The smallest absolute Gasteiger partial charge is 0.308 e. The summed E-state index contributed by atoms with van der Waals surface area (Å²) >= 11 is 0. The van der Waals surface area contributed by atoms with Gasteiger partial charge in [0.25, 0.3) is 5.69 Å². The molecule has 2 rings (SSSR count). The van der Waals surface area contributed by atoms with Gasteiger partial charge in [-0.3, -0.25) is 19.7 Å². The fourth-order valence-electron chi connectivity index (χ4n) is 2.13. The highest BCUT2D eigenvalue weighted by molar-refractivity contribution is 5.99. The number of nitrogens with zero attached hydrogens (tertiary/aromatic N) is 2. The molecule has 1 unspecified atom stereocenters. The maximum absolute atomic E-state index is 11.8. The van der Waals surface area contributed by atoms with Crippen LogP contribution < -0.4 is 4.90 Å². The van der Waals surface area contributed by atoms with Crippen molar-refractivity contribution in [2.75, 3.05) is 11.4 Å². The highest BCUT2D eigenvalue weighted by Gasteiger charge is 2.35. The van der Waals surface area contributed by atoms with Crippen molar-refractivity contribution in [2.45, 2.75) is 13.3 Å². The summed E-state index contributed by atoms with van der Waals surface area (Å²) in [5, 5.41) is 19.7. The molecule has 100 valence electrons. The van der Waals surface area contributed by atoms with Gasteiger partial charge in [-0.2, -0.15) is 0 Å². The number of amides is 1. The van der Waals surface area contributed by atoms with Crippen LogP contribution in [0.25, 0.3) is 0 Å². The first kappa shape index (κ1) is 13.0. The Morgan fingerprint density at radius 1 is 1.47 bits per heavy atom. The highest BCUT2D eigenvalue weighted by atomic mass is 16.6. The zero-order chi connectivity index (χ0) is 14.2. The van der Waals surface area contributed by atoms with Crippen LogP contribution >= 0.6 is 0 Å². The molecule has 7 heteroatoms. The van der Waals surface area contributed by atoms with E-state index in [0.29, 0.717) is 11.3 Å². The zero-order valence-electron chi connectivity index (χ0n) is 10.2. The summed E-state index contributed by atoms with van der Waals surface area (Å²) in [6.07, 6.45) is -0.0723. The molecule has 0 bridgehead atoms. The van der Waals surface area contributed by atoms with Gasteiger partial charge in [-0.1, -0.05) is 0 Å². The van der Waals surface area contributed by atoms with Crippen molar-refractivity contribution in [3.05, 3.63) is 33.9 Å². The predicted octanol–water partition coefficient (Wildman–Crippen LogP) is 1.34. The number of nitro groups is 1. The van der Waals surface area contributed by atoms with Crippen molar-refractivity contribution in [3.63, 3.8) is 0 Å². The Kier molecular flexibility index (Phi) is 3.20. The van der Waals surface area contributed by atoms with E-state index < -0.39 is 16.8 Å². The van der Waals surface area contributed by atoms with Gasteiger partial charge in [0.15, 0.2) is 0 Å². The second-order valence-electron chi connectivity index (χ2n) is 4.53. The number of anilines is 1. The molecule has 7 nitrogen and oxygen atoms in total. The van der Waals surface area contributed by atoms with E-state index in [2.05, 4.69) is 0 Å². The molecule has 1 amide bonds. The minimum atomic E-state index is -1.03. The van der Waals surface area contributed by atoms with Crippen LogP contribution in [-0.2, 0) is 9.59 Å². The molecule has 1 N–H and O–H groups in total. The van der Waals surface area contributed by atoms with E-state index in [1.165, 1.54) is 17.0 Å². The number of hydrogen-bond acceptors (Lipinski definition) is 4. The summed E-state index contributed by atoms with van der Waals surface area (Å²) in [6, 6.07) is 4.32. The minimum Gasteiger partial charge on any atom is -0.481 e. The molecule has 1 aromatic rings. The Balaban J connectivity index is 2.34. The molecule has 1 fully saturated rings. The van der Waals surface area contributed by atoms with E-state index in [9.17, 15) is 19.7 Å². The van der Waals surface area contributed by atoms with Crippen molar-refractivity contribution in [1.29, 1.82) is 0 Å². The van der Waals surface area contributed by atoms with Gasteiger partial charge in [0.05, 0.1) is 16.5 Å². The summed E-state index contributed by atoms with van der Waals surface area (Å²) in [7, 11) is 0. The number of benzene rings is 1. The fourth-order valence-corrected chi connectivity index (χ4v) is 2.13. The maximum atomic E-state index is 11.8. The van der Waals surface area contributed by atoms with Crippen molar-refractivity contribution in [3.8, 4) is 0 Å². The van der Waals surface area contributed by atoms with Crippen LogP contribution in [0.4, 0.5) is 11.4 Å². The van der Waals surface area contributed by atoms with E-state index >= 15 is 0 Å². The van der Waals surface area contributed by atoms with Crippen molar-refractivity contribution < 1.29 is 19.6 Å². The second-order valence-corrected chi connectivity index (χ2v) is 4.53. The number of carboxylic acid groups (broad SMARTS) is 1. The number of hydrogen-bond donors (Lipinski definition) is 1. The Morgan fingerprint density at radius 3 is 2.68 bits per heavy atom. The first-order valence-corrected chi connectivity index (χ1v) is 5.67. The van der Waals surface area contributed by atoms with Crippen LogP contribution in [0.1, 0.15) is 12.0 Å². The second kappa shape index (κ2) is 4.68. The van der Waals surface area contributed by atoms with E-state index in [4.69, 9.17) is 5.11 Å². The van der Waals surface area contributed by atoms with Gasteiger partial charge >= 0.3 is 5.97 Å². The predicted molar refractivity (Wildman–Crippen MR) is 65.9 cm³/mol. The molecule has 1 saturated heterocycles. The molecule has 1 heterocycles. The fraction of sp³-hybridized carbons (Fsp3) is 0.333. The molecule has 0 saturated carbocycles. The lowest BCUT2D eigenvalue weighted by atomic mass is 10.1. The number of non-ortho nitro benzene ring substituents is 1. The third-order valence-corrected chi connectivity index (χ3v) is 3.04. The van der Waals surface area contributed by atoms with Crippen LogP contribution in [0.2, 0.25) is 0 Å². The van der Waals surface area contributed by atoms with E-state index in [1.54, 1.807) is 13.0 Å². The van der Waals surface area contributed by atoms with Crippen LogP contribution in [-0.4, -0.2) is 28.5 Å². The van der Waals surface area contributed by atoms with Gasteiger partial charge in [-0.15, -0.1) is 0 Å². The quantitative estimate of drug-likeness (QED) is 0.655. The first-order valence-electron chi connectivity index (χ1n) is 5.67. The minimum absolute atomic E-state index is 0.0504. The van der Waals surface area contributed by atoms with Crippen LogP contribution in [0, 0.1) is 23.0 Å². The molecule has 0 spiro atoms. The van der Waals surface area contributed by atoms with Crippen LogP contribution in [0.5, 0.6) is 0 Å². The largest absolute Gasteiger partial charge is 0.481 e. The molecule has 0 radical (unpaired) electrons. The number of rotatable bonds is 3. The zero-order valence-corrected chi connectivity index (χ0v) is 10.2.